The summed E-state index contributed by atoms with van der Waals surface area (Å²) in [7, 11) is -6.00. The summed E-state index contributed by atoms with van der Waals surface area (Å²) in [4.78, 5) is 0. The summed E-state index contributed by atoms with van der Waals surface area (Å²) in [6.45, 7) is 2.09. The number of hydrogen-bond donors (Lipinski definition) is 1. The van der Waals surface area contributed by atoms with Gasteiger partial charge in [-0.1, -0.05) is 18.2 Å². The lowest BCUT2D eigenvalue weighted by atomic mass is 10.2. The van der Waals surface area contributed by atoms with Crippen molar-refractivity contribution in [1.82, 2.24) is 0 Å². The molecular formula is C18H17BF4N2. The first-order chi connectivity index (χ1) is 11.8. The van der Waals surface area contributed by atoms with Gasteiger partial charge in [-0.15, -0.1) is 0 Å². The van der Waals surface area contributed by atoms with Crippen LogP contribution in [0.4, 0.5) is 28.6 Å². The molecule has 0 saturated heterocycles. The van der Waals surface area contributed by atoms with Gasteiger partial charge in [0, 0.05) is 35.6 Å². The topological polar surface area (TPSA) is 15.9 Å². The Bertz CT molecular complexity index is 767. The van der Waals surface area contributed by atoms with Crippen LogP contribution in [0.2, 0.25) is 0 Å². The molecule has 0 spiro atoms. The molecule has 0 aliphatic carbocycles. The lowest BCUT2D eigenvalue weighted by molar-refractivity contribution is -0.595. The van der Waals surface area contributed by atoms with Gasteiger partial charge in [-0.3, -0.25) is 0 Å². The number of halogens is 4. The maximum absolute atomic E-state index is 9.75. The van der Waals surface area contributed by atoms with Crippen LogP contribution in [0.15, 0.2) is 79.1 Å². The van der Waals surface area contributed by atoms with Crippen LogP contribution in [-0.4, -0.2) is 7.25 Å². The molecule has 0 radical (unpaired) electrons. The fraction of sp³-hybridized carbons (Fsp3) is 0.0556. The molecule has 1 N–H and O–H groups in total. The van der Waals surface area contributed by atoms with Crippen LogP contribution >= 0.6 is 0 Å². The minimum Gasteiger partial charge on any atom is -0.418 e. The van der Waals surface area contributed by atoms with Gasteiger partial charge in [0.15, 0.2) is 12.4 Å². The van der Waals surface area contributed by atoms with E-state index < -0.39 is 7.25 Å². The zero-order valence-electron chi connectivity index (χ0n) is 13.5. The second kappa shape index (κ2) is 8.33. The van der Waals surface area contributed by atoms with Crippen LogP contribution in [0.1, 0.15) is 5.56 Å². The van der Waals surface area contributed by atoms with Crippen molar-refractivity contribution in [3.05, 3.63) is 84.7 Å². The predicted molar refractivity (Wildman–Crippen MR) is 92.6 cm³/mol. The molecule has 0 atom stereocenters. The number of hydrogen-bond acceptors (Lipinski definition) is 1. The van der Waals surface area contributed by atoms with Gasteiger partial charge in [-0.2, -0.15) is 4.57 Å². The monoisotopic (exact) mass is 348 g/mol. The molecule has 2 nitrogen and oxygen atoms in total. The van der Waals surface area contributed by atoms with E-state index in [1.54, 1.807) is 0 Å². The first-order valence-corrected chi connectivity index (χ1v) is 7.59. The van der Waals surface area contributed by atoms with Crippen molar-refractivity contribution in [3.8, 4) is 5.69 Å². The average molecular weight is 348 g/mol. The van der Waals surface area contributed by atoms with Gasteiger partial charge in [-0.05, 0) is 36.8 Å². The molecule has 25 heavy (non-hydrogen) atoms. The van der Waals surface area contributed by atoms with Crippen LogP contribution in [0.5, 0.6) is 0 Å². The van der Waals surface area contributed by atoms with Gasteiger partial charge < -0.3 is 22.6 Å². The van der Waals surface area contributed by atoms with Gasteiger partial charge in [0.2, 0.25) is 5.69 Å². The number of aromatic nitrogens is 1. The highest BCUT2D eigenvalue weighted by atomic mass is 19.5. The van der Waals surface area contributed by atoms with Crippen molar-refractivity contribution in [3.63, 3.8) is 0 Å². The molecule has 0 bridgehead atoms. The molecule has 0 amide bonds. The molecule has 0 fully saturated rings. The first kappa shape index (κ1) is 18.5. The number of pyridine rings is 1. The Balaban J connectivity index is 0.000000399. The van der Waals surface area contributed by atoms with E-state index in [9.17, 15) is 17.3 Å². The Morgan fingerprint density at radius 3 is 1.72 bits per heavy atom. The summed E-state index contributed by atoms with van der Waals surface area (Å²) in [5, 5.41) is 3.38. The van der Waals surface area contributed by atoms with Crippen LogP contribution in [-0.2, 0) is 0 Å². The van der Waals surface area contributed by atoms with Crippen LogP contribution in [0, 0.1) is 6.92 Å². The number of para-hydroxylation sites is 1. The summed E-state index contributed by atoms with van der Waals surface area (Å²) in [5.41, 5.74) is 4.61. The number of nitrogens with one attached hydrogen (secondary N) is 1. The van der Waals surface area contributed by atoms with Gasteiger partial charge >= 0.3 is 7.25 Å². The predicted octanol–water partition coefficient (Wildman–Crippen LogP) is 5.32. The van der Waals surface area contributed by atoms with E-state index in [-0.39, 0.29) is 0 Å². The number of aryl methyl sites for hydroxylation is 1. The zero-order valence-corrected chi connectivity index (χ0v) is 13.5. The second-order valence-electron chi connectivity index (χ2n) is 5.32. The van der Waals surface area contributed by atoms with E-state index in [0.717, 1.165) is 17.1 Å². The normalized spacial score (nSPS) is 10.6. The highest BCUT2D eigenvalue weighted by molar-refractivity contribution is 6.50. The third-order valence-corrected chi connectivity index (χ3v) is 3.22. The highest BCUT2D eigenvalue weighted by Crippen LogP contribution is 2.16. The summed E-state index contributed by atoms with van der Waals surface area (Å²) >= 11 is 0. The van der Waals surface area contributed by atoms with E-state index >= 15 is 0 Å². The fourth-order valence-electron chi connectivity index (χ4n) is 2.08. The third kappa shape index (κ3) is 7.07. The maximum atomic E-state index is 9.75. The molecule has 3 rings (SSSR count). The van der Waals surface area contributed by atoms with Crippen molar-refractivity contribution in [2.75, 3.05) is 5.32 Å². The lowest BCUT2D eigenvalue weighted by Gasteiger charge is -2.05. The first-order valence-electron chi connectivity index (χ1n) is 7.59. The van der Waals surface area contributed by atoms with Gasteiger partial charge in [0.25, 0.3) is 0 Å². The molecule has 0 aliphatic heterocycles. The van der Waals surface area contributed by atoms with Gasteiger partial charge in [0.1, 0.15) is 0 Å². The largest absolute Gasteiger partial charge is 0.673 e. The van der Waals surface area contributed by atoms with Crippen molar-refractivity contribution in [1.29, 1.82) is 0 Å². The minimum absolute atomic E-state index is 1.09. The number of rotatable bonds is 3. The Hall–Kier alpha value is -2.83. The van der Waals surface area contributed by atoms with E-state index in [2.05, 4.69) is 77.7 Å². The van der Waals surface area contributed by atoms with Gasteiger partial charge in [-0.25, -0.2) is 0 Å². The molecule has 1 heterocycles. The Morgan fingerprint density at radius 2 is 1.20 bits per heavy atom. The molecule has 3 aromatic rings. The van der Waals surface area contributed by atoms with E-state index in [1.165, 1.54) is 5.56 Å². The van der Waals surface area contributed by atoms with Crippen LogP contribution < -0.4 is 9.88 Å². The minimum atomic E-state index is -6.00. The highest BCUT2D eigenvalue weighted by Gasteiger charge is 2.20. The lowest BCUT2D eigenvalue weighted by Crippen LogP contribution is -2.29. The number of anilines is 2. The molecule has 7 heteroatoms. The Labute approximate surface area is 143 Å². The average Bonchev–Trinajstić information content (AvgIpc) is 2.56. The Morgan fingerprint density at radius 1 is 0.720 bits per heavy atom. The van der Waals surface area contributed by atoms with E-state index in [4.69, 9.17) is 0 Å². The van der Waals surface area contributed by atoms with Crippen molar-refractivity contribution >= 4 is 18.6 Å². The molecular weight excluding hydrogens is 331 g/mol. The van der Waals surface area contributed by atoms with Crippen LogP contribution in [0.3, 0.4) is 0 Å². The zero-order chi connectivity index (χ0) is 18.3. The van der Waals surface area contributed by atoms with E-state index in [1.807, 2.05) is 18.2 Å². The number of nitrogens with zero attached hydrogens (tertiary/aromatic N) is 1. The second-order valence-corrected chi connectivity index (χ2v) is 5.32. The molecule has 0 saturated carbocycles. The fourth-order valence-corrected chi connectivity index (χ4v) is 2.08. The standard InChI is InChI=1S/C18H17N2.BF4/c1-15-11-13-20(14-12-15)18-9-7-17(8-10-18)19-16-5-3-2-4-6-16;2-1(3,4)5/h2-14,19H,1H3;/q+1;-1. The summed E-state index contributed by atoms with van der Waals surface area (Å²) in [6, 6.07) is 22.8. The molecule has 0 unspecified atom stereocenters. The molecule has 130 valence electrons. The van der Waals surface area contributed by atoms with Crippen LogP contribution in [0.25, 0.3) is 5.69 Å². The van der Waals surface area contributed by atoms with E-state index in [0.29, 0.717) is 0 Å². The van der Waals surface area contributed by atoms with Crippen molar-refractivity contribution in [2.24, 2.45) is 0 Å². The maximum Gasteiger partial charge on any atom is 0.673 e. The SMILES string of the molecule is Cc1cc[n+](-c2ccc(Nc3ccccc3)cc2)cc1.F[B-](F)(F)F. The molecule has 2 aromatic carbocycles. The summed E-state index contributed by atoms with van der Waals surface area (Å²) in [6.07, 6.45) is 4.16. The summed E-state index contributed by atoms with van der Waals surface area (Å²) in [5.74, 6) is 0. The molecule has 0 aliphatic rings. The Kier molecular flexibility index (Phi) is 6.17. The number of benzene rings is 2. The van der Waals surface area contributed by atoms with Gasteiger partial charge in [0.05, 0.1) is 0 Å². The summed E-state index contributed by atoms with van der Waals surface area (Å²) < 4.78 is 41.1. The third-order valence-electron chi connectivity index (χ3n) is 3.22. The quantitative estimate of drug-likeness (QED) is 0.385. The molecule has 1 aromatic heterocycles. The van der Waals surface area contributed by atoms with Crippen molar-refractivity contribution in [2.45, 2.75) is 6.92 Å². The smallest absolute Gasteiger partial charge is 0.418 e. The van der Waals surface area contributed by atoms with Crippen molar-refractivity contribution < 1.29 is 21.8 Å².